The summed E-state index contributed by atoms with van der Waals surface area (Å²) in [5, 5.41) is 0. The van der Waals surface area contributed by atoms with Gasteiger partial charge in [-0.15, -0.1) is 0 Å². The Kier molecular flexibility index (Phi) is 4.68. The second-order valence-corrected chi connectivity index (χ2v) is 7.57. The molecule has 0 radical (unpaired) electrons. The summed E-state index contributed by atoms with van der Waals surface area (Å²) in [4.78, 5) is 16.6. The van der Waals surface area contributed by atoms with Crippen molar-refractivity contribution < 1.29 is 9.53 Å². The predicted octanol–water partition coefficient (Wildman–Crippen LogP) is 3.46. The van der Waals surface area contributed by atoms with Crippen molar-refractivity contribution in [3.05, 3.63) is 65.7 Å². The van der Waals surface area contributed by atoms with Crippen LogP contribution in [0.4, 0.5) is 0 Å². The third-order valence-corrected chi connectivity index (χ3v) is 5.45. The first-order valence-electron chi connectivity index (χ1n) is 9.42. The van der Waals surface area contributed by atoms with Gasteiger partial charge in [0, 0.05) is 32.1 Å². The molecule has 4 heteroatoms. The molecule has 2 heterocycles. The third kappa shape index (κ3) is 3.61. The highest BCUT2D eigenvalue weighted by Crippen LogP contribution is 2.35. The maximum atomic E-state index is 12.2. The summed E-state index contributed by atoms with van der Waals surface area (Å²) in [6.07, 6.45) is 2.07. The molecule has 4 nitrogen and oxygen atoms in total. The molecule has 1 saturated heterocycles. The van der Waals surface area contributed by atoms with Crippen LogP contribution in [-0.2, 0) is 17.9 Å². The minimum Gasteiger partial charge on any atom is -0.484 e. The topological polar surface area (TPSA) is 32.8 Å². The van der Waals surface area contributed by atoms with E-state index in [-0.39, 0.29) is 11.5 Å². The van der Waals surface area contributed by atoms with Gasteiger partial charge in [0.05, 0.1) is 6.54 Å². The molecule has 0 unspecified atom stereocenters. The number of ether oxygens (including phenoxy) is 1. The first-order chi connectivity index (χ1) is 12.6. The fraction of sp³-hybridized carbons (Fsp3) is 0.409. The summed E-state index contributed by atoms with van der Waals surface area (Å²) in [5.41, 5.74) is 2.09. The summed E-state index contributed by atoms with van der Waals surface area (Å²) >= 11 is 0. The number of rotatable bonds is 2. The normalized spacial score (nSPS) is 23.2. The number of para-hydroxylation sites is 1. The molecule has 0 bridgehead atoms. The van der Waals surface area contributed by atoms with Crippen LogP contribution in [0, 0.1) is 0 Å². The van der Waals surface area contributed by atoms with Crippen molar-refractivity contribution in [3.63, 3.8) is 0 Å². The number of piperidine rings is 1. The van der Waals surface area contributed by atoms with Gasteiger partial charge in [-0.1, -0.05) is 48.5 Å². The van der Waals surface area contributed by atoms with Crippen molar-refractivity contribution >= 4 is 5.91 Å². The molecule has 2 aromatic carbocycles. The summed E-state index contributed by atoms with van der Waals surface area (Å²) in [6, 6.07) is 18.7. The molecule has 0 saturated carbocycles. The molecule has 1 amide bonds. The van der Waals surface area contributed by atoms with Gasteiger partial charge in [-0.3, -0.25) is 9.69 Å². The Morgan fingerprint density at radius 3 is 2.65 bits per heavy atom. The summed E-state index contributed by atoms with van der Waals surface area (Å²) in [7, 11) is 0. The quantitative estimate of drug-likeness (QED) is 0.831. The molecule has 4 rings (SSSR count). The van der Waals surface area contributed by atoms with Crippen LogP contribution in [0.2, 0.25) is 0 Å². The highest BCUT2D eigenvalue weighted by Gasteiger charge is 2.42. The van der Waals surface area contributed by atoms with E-state index in [1.165, 1.54) is 5.56 Å². The van der Waals surface area contributed by atoms with Gasteiger partial charge in [0.1, 0.15) is 11.4 Å². The maximum absolute atomic E-state index is 12.2. The van der Waals surface area contributed by atoms with Crippen molar-refractivity contribution in [2.24, 2.45) is 0 Å². The fourth-order valence-corrected chi connectivity index (χ4v) is 4.21. The number of carbonyl (C=O) groups is 1. The van der Waals surface area contributed by atoms with Crippen LogP contribution in [0.25, 0.3) is 0 Å². The average Bonchev–Trinajstić information content (AvgIpc) is 2.79. The standard InChI is InChI=1S/C22H26N2O2/c1-18(25)24-15-20-10-5-6-11-21(20)26-22(17-24)12-7-13-23(16-22)14-19-8-3-2-4-9-19/h2-6,8-11H,7,12-17H2,1H3/t22-/m0/s1. The number of likely N-dealkylation sites (tertiary alicyclic amines) is 1. The van der Waals surface area contributed by atoms with Gasteiger partial charge in [0.15, 0.2) is 0 Å². The second kappa shape index (κ2) is 7.12. The summed E-state index contributed by atoms with van der Waals surface area (Å²) in [5.74, 6) is 1.04. The molecule has 0 aliphatic carbocycles. The Labute approximate surface area is 155 Å². The molecule has 2 aliphatic rings. The van der Waals surface area contributed by atoms with Crippen LogP contribution in [0.5, 0.6) is 5.75 Å². The van der Waals surface area contributed by atoms with Gasteiger partial charge in [0.25, 0.3) is 0 Å². The Morgan fingerprint density at radius 1 is 1.08 bits per heavy atom. The predicted molar refractivity (Wildman–Crippen MR) is 102 cm³/mol. The molecule has 136 valence electrons. The van der Waals surface area contributed by atoms with Crippen molar-refractivity contribution in [2.75, 3.05) is 19.6 Å². The molecule has 1 atom stereocenters. The van der Waals surface area contributed by atoms with Gasteiger partial charge in [0.2, 0.25) is 5.91 Å². The zero-order chi connectivity index (χ0) is 18.0. The smallest absolute Gasteiger partial charge is 0.219 e. The number of amides is 1. The monoisotopic (exact) mass is 350 g/mol. The maximum Gasteiger partial charge on any atom is 0.219 e. The number of hydrogen-bond acceptors (Lipinski definition) is 3. The van der Waals surface area contributed by atoms with Crippen LogP contribution in [0.3, 0.4) is 0 Å². The molecule has 1 fully saturated rings. The van der Waals surface area contributed by atoms with Crippen LogP contribution >= 0.6 is 0 Å². The molecular formula is C22H26N2O2. The third-order valence-electron chi connectivity index (χ3n) is 5.45. The lowest BCUT2D eigenvalue weighted by Crippen LogP contribution is -2.57. The molecule has 0 N–H and O–H groups in total. The number of carbonyl (C=O) groups excluding carboxylic acids is 1. The summed E-state index contributed by atoms with van der Waals surface area (Å²) in [6.45, 7) is 5.79. The van der Waals surface area contributed by atoms with Gasteiger partial charge >= 0.3 is 0 Å². The Hall–Kier alpha value is -2.33. The number of nitrogens with zero attached hydrogens (tertiary/aromatic N) is 2. The molecule has 26 heavy (non-hydrogen) atoms. The van der Waals surface area contributed by atoms with Crippen LogP contribution in [0.15, 0.2) is 54.6 Å². The van der Waals surface area contributed by atoms with E-state index in [4.69, 9.17) is 4.74 Å². The van der Waals surface area contributed by atoms with E-state index < -0.39 is 0 Å². The fourth-order valence-electron chi connectivity index (χ4n) is 4.21. The molecule has 2 aliphatic heterocycles. The van der Waals surface area contributed by atoms with E-state index in [9.17, 15) is 4.79 Å². The largest absolute Gasteiger partial charge is 0.484 e. The number of fused-ring (bicyclic) bond motifs is 1. The van der Waals surface area contributed by atoms with Crippen molar-refractivity contribution in [1.82, 2.24) is 9.80 Å². The van der Waals surface area contributed by atoms with Gasteiger partial charge in [-0.25, -0.2) is 0 Å². The minimum absolute atomic E-state index is 0.116. The molecular weight excluding hydrogens is 324 g/mol. The van der Waals surface area contributed by atoms with E-state index in [1.807, 2.05) is 23.1 Å². The lowest BCUT2D eigenvalue weighted by molar-refractivity contribution is -0.133. The van der Waals surface area contributed by atoms with Gasteiger partial charge in [-0.05, 0) is 31.0 Å². The van der Waals surface area contributed by atoms with Gasteiger partial charge in [-0.2, -0.15) is 0 Å². The minimum atomic E-state index is -0.328. The zero-order valence-corrected chi connectivity index (χ0v) is 15.4. The summed E-state index contributed by atoms with van der Waals surface area (Å²) < 4.78 is 6.60. The molecule has 0 aromatic heterocycles. The van der Waals surface area contributed by atoms with Crippen molar-refractivity contribution in [1.29, 1.82) is 0 Å². The van der Waals surface area contributed by atoms with Crippen LogP contribution in [0.1, 0.15) is 30.9 Å². The van der Waals surface area contributed by atoms with E-state index in [0.29, 0.717) is 13.1 Å². The highest BCUT2D eigenvalue weighted by molar-refractivity contribution is 5.73. The van der Waals surface area contributed by atoms with E-state index in [0.717, 1.165) is 43.8 Å². The zero-order valence-electron chi connectivity index (χ0n) is 15.4. The lowest BCUT2D eigenvalue weighted by atomic mass is 9.91. The van der Waals surface area contributed by atoms with E-state index in [1.54, 1.807) is 6.92 Å². The Morgan fingerprint density at radius 2 is 1.85 bits per heavy atom. The number of hydrogen-bond donors (Lipinski definition) is 0. The van der Waals surface area contributed by atoms with Crippen molar-refractivity contribution in [2.45, 2.75) is 38.5 Å². The number of benzene rings is 2. The highest BCUT2D eigenvalue weighted by atomic mass is 16.5. The van der Waals surface area contributed by atoms with Crippen LogP contribution in [-0.4, -0.2) is 40.9 Å². The average molecular weight is 350 g/mol. The van der Waals surface area contributed by atoms with E-state index >= 15 is 0 Å². The van der Waals surface area contributed by atoms with E-state index in [2.05, 4.69) is 41.3 Å². The van der Waals surface area contributed by atoms with Crippen LogP contribution < -0.4 is 4.74 Å². The first-order valence-corrected chi connectivity index (χ1v) is 9.42. The Bertz CT molecular complexity index is 777. The SMILES string of the molecule is CC(=O)N1Cc2ccccc2O[C@]2(CCCN(Cc3ccccc3)C2)C1. The lowest BCUT2D eigenvalue weighted by Gasteiger charge is -2.43. The molecule has 2 aromatic rings. The van der Waals surface area contributed by atoms with Crippen molar-refractivity contribution in [3.8, 4) is 5.75 Å². The first kappa shape index (κ1) is 17.1. The molecule has 1 spiro atoms. The Balaban J connectivity index is 1.59. The van der Waals surface area contributed by atoms with Gasteiger partial charge < -0.3 is 9.64 Å². The second-order valence-electron chi connectivity index (χ2n) is 7.57.